The Labute approximate surface area is 204 Å². The number of ketones is 1. The fraction of sp³-hybridized carbons (Fsp3) is 0.207. The molecule has 2 aromatic rings. The predicted octanol–water partition coefficient (Wildman–Crippen LogP) is 4.95. The molecule has 2 aliphatic heterocycles. The number of benzene rings is 2. The number of unbranched alkanes of at least 4 members (excludes halogenated alkanes) is 2. The zero-order valence-corrected chi connectivity index (χ0v) is 19.3. The standard InChI is InChI=1S/C29H26N2O4/c32-25-15-9-14-24(27(25)21-10-3-1-4-11-21)26-20-30(18-19-35-26)16-7-2-8-17-31-28(33)22-12-5-6-13-23(22)29(31)34/h1,3-6,9-15,18-20,27H,2,7-8,16-17H2. The molecule has 0 saturated heterocycles. The van der Waals surface area contributed by atoms with E-state index in [1.54, 1.807) is 42.7 Å². The summed E-state index contributed by atoms with van der Waals surface area (Å²) in [5.74, 6) is -0.101. The van der Waals surface area contributed by atoms with E-state index in [2.05, 4.69) is 0 Å². The van der Waals surface area contributed by atoms with Crippen LogP contribution < -0.4 is 0 Å². The summed E-state index contributed by atoms with van der Waals surface area (Å²) in [7, 11) is 0. The van der Waals surface area contributed by atoms with Crippen LogP contribution >= 0.6 is 0 Å². The van der Waals surface area contributed by atoms with E-state index in [-0.39, 0.29) is 23.5 Å². The second kappa shape index (κ2) is 9.97. The number of amides is 2. The lowest BCUT2D eigenvalue weighted by atomic mass is 9.83. The Morgan fingerprint density at radius 3 is 2.23 bits per heavy atom. The molecule has 2 heterocycles. The largest absolute Gasteiger partial charge is 0.462 e. The molecule has 0 aromatic heterocycles. The summed E-state index contributed by atoms with van der Waals surface area (Å²) in [5.41, 5.74) is 2.76. The first kappa shape index (κ1) is 22.6. The highest BCUT2D eigenvalue weighted by molar-refractivity contribution is 6.21. The zero-order chi connectivity index (χ0) is 24.2. The molecule has 1 aliphatic carbocycles. The Kier molecular flexibility index (Phi) is 6.44. The molecule has 2 aromatic carbocycles. The lowest BCUT2D eigenvalue weighted by molar-refractivity contribution is -0.115. The number of rotatable bonds is 8. The van der Waals surface area contributed by atoms with Crippen LogP contribution in [0.3, 0.4) is 0 Å². The van der Waals surface area contributed by atoms with Gasteiger partial charge in [-0.05, 0) is 43.0 Å². The van der Waals surface area contributed by atoms with Crippen LogP contribution in [0.4, 0.5) is 0 Å². The molecule has 1 atom stereocenters. The van der Waals surface area contributed by atoms with Gasteiger partial charge in [-0.2, -0.15) is 0 Å². The Hall–Kier alpha value is -4.19. The maximum atomic E-state index is 12.7. The van der Waals surface area contributed by atoms with Gasteiger partial charge in [0.05, 0.1) is 17.0 Å². The summed E-state index contributed by atoms with van der Waals surface area (Å²) in [6.45, 7) is 1.19. The van der Waals surface area contributed by atoms with E-state index in [4.69, 9.17) is 4.74 Å². The van der Waals surface area contributed by atoms with Crippen molar-refractivity contribution in [1.29, 1.82) is 0 Å². The fourth-order valence-electron chi connectivity index (χ4n) is 4.68. The molecule has 0 fully saturated rings. The van der Waals surface area contributed by atoms with Crippen molar-refractivity contribution in [2.45, 2.75) is 25.2 Å². The minimum Gasteiger partial charge on any atom is -0.462 e. The van der Waals surface area contributed by atoms with Crippen LogP contribution in [0.5, 0.6) is 0 Å². The van der Waals surface area contributed by atoms with Crippen molar-refractivity contribution in [2.75, 3.05) is 13.1 Å². The van der Waals surface area contributed by atoms with E-state index in [0.717, 1.165) is 36.9 Å². The van der Waals surface area contributed by atoms with E-state index < -0.39 is 0 Å². The molecule has 6 heteroatoms. The third-order valence-corrected chi connectivity index (χ3v) is 6.46. The first-order chi connectivity index (χ1) is 17.1. The fourth-order valence-corrected chi connectivity index (χ4v) is 4.68. The summed E-state index contributed by atoms with van der Waals surface area (Å²) < 4.78 is 5.80. The van der Waals surface area contributed by atoms with Gasteiger partial charge in [0.15, 0.2) is 5.78 Å². The summed E-state index contributed by atoms with van der Waals surface area (Å²) in [4.78, 5) is 41.1. The Morgan fingerprint density at radius 1 is 0.800 bits per heavy atom. The Balaban J connectivity index is 1.16. The van der Waals surface area contributed by atoms with Crippen molar-refractivity contribution in [3.8, 4) is 0 Å². The van der Waals surface area contributed by atoms with Crippen LogP contribution in [0.2, 0.25) is 0 Å². The number of hydrogen-bond acceptors (Lipinski definition) is 5. The number of fused-ring (bicyclic) bond motifs is 1. The summed E-state index contributed by atoms with van der Waals surface area (Å²) in [5, 5.41) is 0. The molecule has 2 amide bonds. The van der Waals surface area contributed by atoms with Crippen LogP contribution in [0.1, 0.15) is 51.5 Å². The zero-order valence-electron chi connectivity index (χ0n) is 19.3. The highest BCUT2D eigenvalue weighted by Gasteiger charge is 2.34. The number of hydrogen-bond donors (Lipinski definition) is 0. The van der Waals surface area contributed by atoms with Crippen LogP contribution in [0, 0.1) is 0 Å². The van der Waals surface area contributed by atoms with Gasteiger partial charge in [-0.15, -0.1) is 0 Å². The third kappa shape index (κ3) is 4.60. The Bertz CT molecular complexity index is 1240. The van der Waals surface area contributed by atoms with Crippen molar-refractivity contribution in [3.63, 3.8) is 0 Å². The average molecular weight is 467 g/mol. The van der Waals surface area contributed by atoms with Crippen LogP contribution in [0.25, 0.3) is 0 Å². The van der Waals surface area contributed by atoms with Gasteiger partial charge in [0.25, 0.3) is 11.8 Å². The maximum Gasteiger partial charge on any atom is 0.261 e. The molecule has 5 rings (SSSR count). The van der Waals surface area contributed by atoms with Crippen molar-refractivity contribution in [2.24, 2.45) is 0 Å². The van der Waals surface area contributed by atoms with E-state index in [9.17, 15) is 14.4 Å². The van der Waals surface area contributed by atoms with Gasteiger partial charge in [0, 0.05) is 31.1 Å². The highest BCUT2D eigenvalue weighted by Crippen LogP contribution is 2.35. The first-order valence-corrected chi connectivity index (χ1v) is 11.9. The van der Waals surface area contributed by atoms with E-state index >= 15 is 0 Å². The minimum atomic E-state index is -0.388. The molecule has 6 nitrogen and oxygen atoms in total. The predicted molar refractivity (Wildman–Crippen MR) is 132 cm³/mol. The molecule has 1 unspecified atom stereocenters. The second-order valence-electron chi connectivity index (χ2n) is 8.73. The van der Waals surface area contributed by atoms with Crippen LogP contribution in [-0.2, 0) is 9.53 Å². The summed E-state index contributed by atoms with van der Waals surface area (Å²) in [6, 6.07) is 16.7. The highest BCUT2D eigenvalue weighted by atomic mass is 16.5. The monoisotopic (exact) mass is 466 g/mol. The average Bonchev–Trinajstić information content (AvgIpc) is 3.14. The molecule has 0 N–H and O–H groups in total. The number of ether oxygens (including phenoxy) is 1. The molecule has 3 aliphatic rings. The van der Waals surface area contributed by atoms with Gasteiger partial charge >= 0.3 is 0 Å². The van der Waals surface area contributed by atoms with Crippen molar-refractivity contribution in [1.82, 2.24) is 9.80 Å². The van der Waals surface area contributed by atoms with Gasteiger partial charge in [0.1, 0.15) is 12.0 Å². The van der Waals surface area contributed by atoms with E-state index in [0.29, 0.717) is 23.4 Å². The smallest absolute Gasteiger partial charge is 0.261 e. The summed E-state index contributed by atoms with van der Waals surface area (Å²) >= 11 is 0. The van der Waals surface area contributed by atoms with E-state index in [1.807, 2.05) is 53.7 Å². The second-order valence-corrected chi connectivity index (χ2v) is 8.73. The number of carbonyl (C=O) groups is 3. The molecular weight excluding hydrogens is 440 g/mol. The number of carbonyl (C=O) groups excluding carboxylic acids is 3. The molecule has 35 heavy (non-hydrogen) atoms. The lowest BCUT2D eigenvalue weighted by Gasteiger charge is -2.27. The van der Waals surface area contributed by atoms with Gasteiger partial charge in [-0.3, -0.25) is 19.3 Å². The quantitative estimate of drug-likeness (QED) is 0.407. The topological polar surface area (TPSA) is 66.9 Å². The lowest BCUT2D eigenvalue weighted by Crippen LogP contribution is -2.30. The molecule has 176 valence electrons. The molecule has 0 bridgehead atoms. The van der Waals surface area contributed by atoms with Crippen molar-refractivity contribution >= 4 is 17.6 Å². The number of allylic oxidation sites excluding steroid dienone is 4. The number of nitrogens with zero attached hydrogens (tertiary/aromatic N) is 2. The Morgan fingerprint density at radius 2 is 1.49 bits per heavy atom. The molecule has 0 spiro atoms. The maximum absolute atomic E-state index is 12.7. The van der Waals surface area contributed by atoms with Crippen LogP contribution in [0.15, 0.2) is 103 Å². The summed E-state index contributed by atoms with van der Waals surface area (Å²) in [6.07, 6.45) is 13.2. The van der Waals surface area contributed by atoms with E-state index in [1.165, 1.54) is 4.90 Å². The van der Waals surface area contributed by atoms with Crippen molar-refractivity contribution < 1.29 is 19.1 Å². The van der Waals surface area contributed by atoms with Gasteiger partial charge < -0.3 is 9.64 Å². The third-order valence-electron chi connectivity index (χ3n) is 6.46. The first-order valence-electron chi connectivity index (χ1n) is 11.9. The van der Waals surface area contributed by atoms with Crippen molar-refractivity contribution in [3.05, 3.63) is 120 Å². The van der Waals surface area contributed by atoms with Crippen LogP contribution in [-0.4, -0.2) is 40.5 Å². The normalized spacial score (nSPS) is 19.0. The molecular formula is C29H26N2O4. The van der Waals surface area contributed by atoms with Gasteiger partial charge in [-0.25, -0.2) is 0 Å². The van der Waals surface area contributed by atoms with Gasteiger partial charge in [0.2, 0.25) is 0 Å². The van der Waals surface area contributed by atoms with Gasteiger partial charge in [-0.1, -0.05) is 54.6 Å². The SMILES string of the molecule is O=C1C=CC=C(C2=CN(CCCCCN3C(=O)c4ccccc4C3=O)C=CO2)C1c1ccccc1. The minimum absolute atomic E-state index is 0.0347. The number of imide groups is 1. The molecule has 0 saturated carbocycles. The molecule has 0 radical (unpaired) electrons.